The molecule has 4 nitrogen and oxygen atoms in total. The average molecular weight is 267 g/mol. The summed E-state index contributed by atoms with van der Waals surface area (Å²) < 4.78 is 36.7. The van der Waals surface area contributed by atoms with Crippen molar-refractivity contribution in [3.8, 4) is 0 Å². The lowest BCUT2D eigenvalue weighted by Gasteiger charge is -2.01. The first-order chi connectivity index (χ1) is 7.80. The topological polar surface area (TPSA) is 66.4 Å². The molecule has 0 radical (unpaired) electrons. The van der Waals surface area contributed by atoms with Crippen LogP contribution in [0.3, 0.4) is 0 Å². The molecule has 0 aliphatic heterocycles. The molecule has 1 rings (SSSR count). The van der Waals surface area contributed by atoms with Crippen LogP contribution >= 0.6 is 11.3 Å². The van der Waals surface area contributed by atoms with E-state index in [0.717, 1.165) is 11.4 Å². The minimum atomic E-state index is -4.47. The zero-order chi connectivity index (χ0) is 13.1. The molecular formula is C9H8F3NO3S. The van der Waals surface area contributed by atoms with Crippen LogP contribution in [0.5, 0.6) is 0 Å². The van der Waals surface area contributed by atoms with Crippen LogP contribution < -0.4 is 5.32 Å². The number of aliphatic carboxylic acids is 1. The Bertz CT molecular complexity index is 427. The summed E-state index contributed by atoms with van der Waals surface area (Å²) in [6, 6.07) is 0.737. The van der Waals surface area contributed by atoms with Crippen molar-refractivity contribution < 1.29 is 27.9 Å². The molecule has 94 valence electrons. The van der Waals surface area contributed by atoms with Crippen LogP contribution in [0.25, 0.3) is 0 Å². The van der Waals surface area contributed by atoms with Gasteiger partial charge in [0.15, 0.2) is 0 Å². The van der Waals surface area contributed by atoms with Gasteiger partial charge < -0.3 is 10.4 Å². The number of carbonyl (C=O) groups excluding carboxylic acids is 1. The van der Waals surface area contributed by atoms with Crippen molar-refractivity contribution in [1.82, 2.24) is 5.32 Å². The van der Waals surface area contributed by atoms with Crippen molar-refractivity contribution in [3.63, 3.8) is 0 Å². The van der Waals surface area contributed by atoms with Crippen LogP contribution in [-0.2, 0) is 11.0 Å². The lowest BCUT2D eigenvalue weighted by Crippen LogP contribution is -2.25. The van der Waals surface area contributed by atoms with Gasteiger partial charge in [-0.25, -0.2) is 0 Å². The number of amides is 1. The molecule has 0 aromatic carbocycles. The van der Waals surface area contributed by atoms with Gasteiger partial charge in [-0.3, -0.25) is 9.59 Å². The standard InChI is InChI=1S/C9H8F3NO3S/c10-9(11,12)6-3-5(4-17-6)8(16)13-2-1-7(14)15/h3-4H,1-2H2,(H,13,16)(H,14,15). The molecule has 17 heavy (non-hydrogen) atoms. The Morgan fingerprint density at radius 1 is 1.41 bits per heavy atom. The molecule has 0 spiro atoms. The molecule has 0 fully saturated rings. The Morgan fingerprint density at radius 2 is 2.06 bits per heavy atom. The molecule has 0 aliphatic rings. The van der Waals surface area contributed by atoms with Gasteiger partial charge in [-0.1, -0.05) is 0 Å². The van der Waals surface area contributed by atoms with Crippen molar-refractivity contribution in [1.29, 1.82) is 0 Å². The summed E-state index contributed by atoms with van der Waals surface area (Å²) in [5, 5.41) is 11.6. The number of hydrogen-bond donors (Lipinski definition) is 2. The lowest BCUT2D eigenvalue weighted by atomic mass is 10.3. The predicted octanol–water partition coefficient (Wildman–Crippen LogP) is 1.97. The van der Waals surface area contributed by atoms with Gasteiger partial charge in [-0.05, 0) is 6.07 Å². The van der Waals surface area contributed by atoms with Gasteiger partial charge >= 0.3 is 12.1 Å². The van der Waals surface area contributed by atoms with Gasteiger partial charge in [0.25, 0.3) is 5.91 Å². The fourth-order valence-electron chi connectivity index (χ4n) is 0.989. The maximum Gasteiger partial charge on any atom is 0.425 e. The van der Waals surface area contributed by atoms with Gasteiger partial charge in [0.05, 0.1) is 12.0 Å². The minimum Gasteiger partial charge on any atom is -0.481 e. The number of rotatable bonds is 4. The Balaban J connectivity index is 2.58. The van der Waals surface area contributed by atoms with E-state index in [1.807, 2.05) is 0 Å². The first kappa shape index (κ1) is 13.5. The van der Waals surface area contributed by atoms with Crippen molar-refractivity contribution in [2.24, 2.45) is 0 Å². The Hall–Kier alpha value is -1.57. The highest BCUT2D eigenvalue weighted by Gasteiger charge is 2.33. The first-order valence-corrected chi connectivity index (χ1v) is 5.34. The Kier molecular flexibility index (Phi) is 4.11. The lowest BCUT2D eigenvalue weighted by molar-refractivity contribution is -0.137. The second kappa shape index (κ2) is 5.17. The van der Waals surface area contributed by atoms with Gasteiger partial charge in [0.1, 0.15) is 4.88 Å². The number of halogens is 3. The molecule has 0 unspecified atom stereocenters. The van der Waals surface area contributed by atoms with E-state index in [-0.39, 0.29) is 18.5 Å². The van der Waals surface area contributed by atoms with Crippen molar-refractivity contribution >= 4 is 23.2 Å². The highest BCUT2D eigenvalue weighted by molar-refractivity contribution is 7.10. The Labute approximate surface area is 98.1 Å². The molecular weight excluding hydrogens is 259 g/mol. The summed E-state index contributed by atoms with van der Waals surface area (Å²) in [4.78, 5) is 20.6. The van der Waals surface area contributed by atoms with Crippen molar-refractivity contribution in [2.45, 2.75) is 12.6 Å². The number of hydrogen-bond acceptors (Lipinski definition) is 3. The van der Waals surface area contributed by atoms with Crippen molar-refractivity contribution in [3.05, 3.63) is 21.9 Å². The number of thiophene rings is 1. The number of alkyl halides is 3. The van der Waals surface area contributed by atoms with Gasteiger partial charge in [-0.15, -0.1) is 11.3 Å². The quantitative estimate of drug-likeness (QED) is 0.876. The second-order valence-corrected chi connectivity index (χ2v) is 4.01. The van der Waals surface area contributed by atoms with E-state index < -0.39 is 22.9 Å². The molecule has 0 saturated heterocycles. The Morgan fingerprint density at radius 3 is 2.53 bits per heavy atom. The molecule has 0 bridgehead atoms. The van der Waals surface area contributed by atoms with Crippen LogP contribution in [0.2, 0.25) is 0 Å². The largest absolute Gasteiger partial charge is 0.481 e. The molecule has 8 heteroatoms. The highest BCUT2D eigenvalue weighted by Crippen LogP contribution is 2.33. The molecule has 0 saturated carbocycles. The monoisotopic (exact) mass is 267 g/mol. The number of carbonyl (C=O) groups is 2. The number of carboxylic acids is 1. The second-order valence-electron chi connectivity index (χ2n) is 3.10. The van der Waals surface area contributed by atoms with Gasteiger partial charge in [0.2, 0.25) is 0 Å². The smallest absolute Gasteiger partial charge is 0.425 e. The normalized spacial score (nSPS) is 11.2. The fraction of sp³-hybridized carbons (Fsp3) is 0.333. The van der Waals surface area contributed by atoms with E-state index in [1.54, 1.807) is 0 Å². The van der Waals surface area contributed by atoms with Crippen LogP contribution in [0.15, 0.2) is 11.4 Å². The first-order valence-electron chi connectivity index (χ1n) is 4.46. The third-order valence-electron chi connectivity index (χ3n) is 1.77. The molecule has 1 amide bonds. The van der Waals surface area contributed by atoms with E-state index in [9.17, 15) is 22.8 Å². The summed E-state index contributed by atoms with van der Waals surface area (Å²) in [6.07, 6.45) is -4.74. The summed E-state index contributed by atoms with van der Waals surface area (Å²) >= 11 is 0.422. The van der Waals surface area contributed by atoms with Crippen LogP contribution in [0.1, 0.15) is 21.7 Å². The SMILES string of the molecule is O=C(O)CCNC(=O)c1csc(C(F)(F)F)c1. The van der Waals surface area contributed by atoms with Crippen LogP contribution in [0.4, 0.5) is 13.2 Å². The van der Waals surface area contributed by atoms with E-state index >= 15 is 0 Å². The molecule has 1 aromatic heterocycles. The zero-order valence-corrected chi connectivity index (χ0v) is 9.19. The molecule has 0 atom stereocenters. The van der Waals surface area contributed by atoms with E-state index in [1.165, 1.54) is 0 Å². The van der Waals surface area contributed by atoms with Gasteiger partial charge in [0, 0.05) is 11.9 Å². The fourth-order valence-corrected chi connectivity index (χ4v) is 1.75. The maximum atomic E-state index is 12.2. The van der Waals surface area contributed by atoms with Gasteiger partial charge in [-0.2, -0.15) is 13.2 Å². The summed E-state index contributed by atoms with van der Waals surface area (Å²) in [6.45, 7) is -0.120. The number of carboxylic acid groups (broad SMARTS) is 1. The average Bonchev–Trinajstić information content (AvgIpc) is 2.64. The summed E-state index contributed by atoms with van der Waals surface area (Å²) in [5.74, 6) is -1.80. The van der Waals surface area contributed by atoms with E-state index in [4.69, 9.17) is 5.11 Å². The molecule has 1 aromatic rings. The van der Waals surface area contributed by atoms with Crippen LogP contribution in [-0.4, -0.2) is 23.5 Å². The predicted molar refractivity (Wildman–Crippen MR) is 53.9 cm³/mol. The summed E-state index contributed by atoms with van der Waals surface area (Å²) in [7, 11) is 0. The molecule has 0 aliphatic carbocycles. The molecule has 2 N–H and O–H groups in total. The van der Waals surface area contributed by atoms with E-state index in [2.05, 4.69) is 5.32 Å². The third-order valence-corrected chi connectivity index (χ3v) is 2.74. The van der Waals surface area contributed by atoms with E-state index in [0.29, 0.717) is 11.3 Å². The highest BCUT2D eigenvalue weighted by atomic mass is 32.1. The third kappa shape index (κ3) is 4.06. The number of nitrogens with one attached hydrogen (secondary N) is 1. The van der Waals surface area contributed by atoms with Crippen LogP contribution in [0, 0.1) is 0 Å². The minimum absolute atomic E-state index is 0.118. The molecule has 1 heterocycles. The van der Waals surface area contributed by atoms with Crippen molar-refractivity contribution in [2.75, 3.05) is 6.54 Å². The maximum absolute atomic E-state index is 12.2. The zero-order valence-electron chi connectivity index (χ0n) is 8.37. The summed E-state index contributed by atoms with van der Waals surface area (Å²) in [5.41, 5.74) is -0.118.